The molecule has 2 rings (SSSR count). The highest BCUT2D eigenvalue weighted by atomic mass is 35.5. The molecular formula is C18H22ClFN2O. The molecule has 0 aliphatic rings. The van der Waals surface area contributed by atoms with Crippen molar-refractivity contribution in [3.8, 4) is 0 Å². The summed E-state index contributed by atoms with van der Waals surface area (Å²) in [5.41, 5.74) is 6.94. The standard InChI is InChI=1S/C18H21FN2O.ClH/c1-18(2,15-5-3-4-6-16(15)19)17(22)21-12-11-13-7-9-14(20)10-8-13;/h3-10H,11-12,20H2,1-2H3,(H,21,22);1H. The average Bonchev–Trinajstić information content (AvgIpc) is 2.49. The Balaban J connectivity index is 0.00000264. The number of hydrogen-bond donors (Lipinski definition) is 2. The molecule has 0 saturated heterocycles. The van der Waals surface area contributed by atoms with Crippen LogP contribution in [0.1, 0.15) is 25.0 Å². The molecule has 0 heterocycles. The quantitative estimate of drug-likeness (QED) is 0.821. The summed E-state index contributed by atoms with van der Waals surface area (Å²) in [6.07, 6.45) is 0.708. The Hall–Kier alpha value is -2.07. The van der Waals surface area contributed by atoms with E-state index < -0.39 is 5.41 Å². The molecule has 0 spiro atoms. The van der Waals surface area contributed by atoms with Gasteiger partial charge in [-0.05, 0) is 44.0 Å². The average molecular weight is 337 g/mol. The number of rotatable bonds is 5. The number of halogens is 2. The highest BCUT2D eigenvalue weighted by Gasteiger charge is 2.31. The van der Waals surface area contributed by atoms with E-state index in [-0.39, 0.29) is 24.1 Å². The van der Waals surface area contributed by atoms with E-state index in [0.717, 1.165) is 5.56 Å². The number of carbonyl (C=O) groups excluding carboxylic acids is 1. The second-order valence-electron chi connectivity index (χ2n) is 5.85. The molecule has 3 nitrogen and oxygen atoms in total. The Bertz CT molecular complexity index is 656. The van der Waals surface area contributed by atoms with Crippen molar-refractivity contribution in [2.24, 2.45) is 0 Å². The third-order valence-electron chi connectivity index (χ3n) is 3.79. The van der Waals surface area contributed by atoms with E-state index in [0.29, 0.717) is 24.2 Å². The fourth-order valence-electron chi connectivity index (χ4n) is 2.32. The van der Waals surface area contributed by atoms with Gasteiger partial charge in [-0.15, -0.1) is 12.4 Å². The van der Waals surface area contributed by atoms with Crippen LogP contribution in [-0.4, -0.2) is 12.5 Å². The summed E-state index contributed by atoms with van der Waals surface area (Å²) in [4.78, 5) is 12.4. The van der Waals surface area contributed by atoms with E-state index in [1.54, 1.807) is 32.0 Å². The van der Waals surface area contributed by atoms with Crippen molar-refractivity contribution in [2.75, 3.05) is 12.3 Å². The van der Waals surface area contributed by atoms with Gasteiger partial charge in [0.15, 0.2) is 0 Å². The highest BCUT2D eigenvalue weighted by molar-refractivity contribution is 5.87. The number of benzene rings is 2. The van der Waals surface area contributed by atoms with E-state index in [1.807, 2.05) is 24.3 Å². The van der Waals surface area contributed by atoms with E-state index in [9.17, 15) is 9.18 Å². The smallest absolute Gasteiger partial charge is 0.230 e. The van der Waals surface area contributed by atoms with Crippen LogP contribution in [0, 0.1) is 5.82 Å². The minimum Gasteiger partial charge on any atom is -0.399 e. The largest absolute Gasteiger partial charge is 0.399 e. The number of hydrogen-bond acceptors (Lipinski definition) is 2. The second kappa shape index (κ2) is 7.97. The minimum atomic E-state index is -0.910. The Morgan fingerprint density at radius 2 is 1.74 bits per heavy atom. The number of carbonyl (C=O) groups is 1. The molecule has 0 bridgehead atoms. The van der Waals surface area contributed by atoms with Gasteiger partial charge in [-0.25, -0.2) is 4.39 Å². The molecule has 2 aromatic carbocycles. The van der Waals surface area contributed by atoms with Crippen LogP contribution in [0.3, 0.4) is 0 Å². The predicted octanol–water partition coefficient (Wildman–Crippen LogP) is 3.47. The first-order valence-electron chi connectivity index (χ1n) is 7.29. The van der Waals surface area contributed by atoms with Crippen molar-refractivity contribution < 1.29 is 9.18 Å². The van der Waals surface area contributed by atoms with E-state index >= 15 is 0 Å². The third kappa shape index (κ3) is 4.70. The number of nitrogens with two attached hydrogens (primary N) is 1. The molecule has 0 radical (unpaired) electrons. The zero-order chi connectivity index (χ0) is 16.2. The first-order valence-corrected chi connectivity index (χ1v) is 7.29. The summed E-state index contributed by atoms with van der Waals surface area (Å²) in [5, 5.41) is 2.87. The molecule has 124 valence electrons. The zero-order valence-electron chi connectivity index (χ0n) is 13.3. The summed E-state index contributed by atoms with van der Waals surface area (Å²) in [7, 11) is 0. The number of nitrogen functional groups attached to an aromatic ring is 1. The maximum atomic E-state index is 13.9. The summed E-state index contributed by atoms with van der Waals surface area (Å²) in [6.45, 7) is 3.95. The first kappa shape index (κ1) is 19.0. The Kier molecular flexibility index (Phi) is 6.58. The maximum absolute atomic E-state index is 13.9. The van der Waals surface area contributed by atoms with Gasteiger partial charge in [0.25, 0.3) is 0 Å². The number of amides is 1. The van der Waals surface area contributed by atoms with Crippen molar-refractivity contribution in [2.45, 2.75) is 25.7 Å². The van der Waals surface area contributed by atoms with Crippen LogP contribution in [0.15, 0.2) is 48.5 Å². The van der Waals surface area contributed by atoms with Gasteiger partial charge in [0.05, 0.1) is 5.41 Å². The van der Waals surface area contributed by atoms with Crippen molar-refractivity contribution in [3.05, 3.63) is 65.5 Å². The lowest BCUT2D eigenvalue weighted by atomic mass is 9.83. The lowest BCUT2D eigenvalue weighted by Gasteiger charge is -2.24. The summed E-state index contributed by atoms with van der Waals surface area (Å²) >= 11 is 0. The van der Waals surface area contributed by atoms with E-state index in [2.05, 4.69) is 5.32 Å². The fourth-order valence-corrected chi connectivity index (χ4v) is 2.32. The molecule has 3 N–H and O–H groups in total. The van der Waals surface area contributed by atoms with Crippen LogP contribution in [-0.2, 0) is 16.6 Å². The summed E-state index contributed by atoms with van der Waals surface area (Å²) in [5.74, 6) is -0.547. The van der Waals surface area contributed by atoms with Gasteiger partial charge in [-0.2, -0.15) is 0 Å². The Morgan fingerprint density at radius 1 is 1.13 bits per heavy atom. The molecule has 0 unspecified atom stereocenters. The Labute approximate surface area is 142 Å². The number of anilines is 1. The van der Waals surface area contributed by atoms with Crippen LogP contribution in [0.2, 0.25) is 0 Å². The molecule has 0 saturated carbocycles. The van der Waals surface area contributed by atoms with Gasteiger partial charge in [0.2, 0.25) is 5.91 Å². The summed E-state index contributed by atoms with van der Waals surface area (Å²) < 4.78 is 13.9. The molecule has 2 aromatic rings. The second-order valence-corrected chi connectivity index (χ2v) is 5.85. The third-order valence-corrected chi connectivity index (χ3v) is 3.79. The summed E-state index contributed by atoms with van der Waals surface area (Å²) in [6, 6.07) is 13.9. The van der Waals surface area contributed by atoms with Crippen LogP contribution in [0.4, 0.5) is 10.1 Å². The lowest BCUT2D eigenvalue weighted by Crippen LogP contribution is -2.41. The predicted molar refractivity (Wildman–Crippen MR) is 94.2 cm³/mol. The SMILES string of the molecule is CC(C)(C(=O)NCCc1ccc(N)cc1)c1ccccc1F.Cl. The van der Waals surface area contributed by atoms with Crippen LogP contribution in [0.5, 0.6) is 0 Å². The fraction of sp³-hybridized carbons (Fsp3) is 0.278. The van der Waals surface area contributed by atoms with Gasteiger partial charge in [0.1, 0.15) is 5.82 Å². The highest BCUT2D eigenvalue weighted by Crippen LogP contribution is 2.25. The minimum absolute atomic E-state index is 0. The molecule has 0 aromatic heterocycles. The maximum Gasteiger partial charge on any atom is 0.230 e. The zero-order valence-corrected chi connectivity index (χ0v) is 14.1. The first-order chi connectivity index (χ1) is 10.4. The monoisotopic (exact) mass is 336 g/mol. The van der Waals surface area contributed by atoms with Crippen molar-refractivity contribution in [1.82, 2.24) is 5.32 Å². The topological polar surface area (TPSA) is 55.1 Å². The van der Waals surface area contributed by atoms with Crippen LogP contribution < -0.4 is 11.1 Å². The lowest BCUT2D eigenvalue weighted by molar-refractivity contribution is -0.125. The van der Waals surface area contributed by atoms with Crippen LogP contribution in [0.25, 0.3) is 0 Å². The molecule has 1 amide bonds. The van der Waals surface area contributed by atoms with Gasteiger partial charge >= 0.3 is 0 Å². The van der Waals surface area contributed by atoms with Crippen molar-refractivity contribution in [1.29, 1.82) is 0 Å². The van der Waals surface area contributed by atoms with Gasteiger partial charge < -0.3 is 11.1 Å². The van der Waals surface area contributed by atoms with E-state index in [1.165, 1.54) is 6.07 Å². The molecule has 5 heteroatoms. The Morgan fingerprint density at radius 3 is 2.35 bits per heavy atom. The molecular weight excluding hydrogens is 315 g/mol. The van der Waals surface area contributed by atoms with Crippen molar-refractivity contribution in [3.63, 3.8) is 0 Å². The normalized spacial score (nSPS) is 10.7. The van der Waals surface area contributed by atoms with Crippen molar-refractivity contribution >= 4 is 24.0 Å². The molecule has 0 aliphatic carbocycles. The number of nitrogens with one attached hydrogen (secondary N) is 1. The van der Waals surface area contributed by atoms with E-state index in [4.69, 9.17) is 5.73 Å². The van der Waals surface area contributed by atoms with Gasteiger partial charge in [-0.3, -0.25) is 4.79 Å². The molecule has 0 fully saturated rings. The van der Waals surface area contributed by atoms with Crippen LogP contribution >= 0.6 is 12.4 Å². The van der Waals surface area contributed by atoms with Gasteiger partial charge in [-0.1, -0.05) is 30.3 Å². The molecule has 0 atom stereocenters. The van der Waals surface area contributed by atoms with Gasteiger partial charge in [0, 0.05) is 17.8 Å². The molecule has 23 heavy (non-hydrogen) atoms. The molecule has 0 aliphatic heterocycles.